The maximum absolute atomic E-state index is 13.2. The molecule has 170 valence electrons. The average molecular weight is 437 g/mol. The molecule has 6 heteroatoms. The third kappa shape index (κ3) is 4.38. The summed E-state index contributed by atoms with van der Waals surface area (Å²) in [5.41, 5.74) is 4.60. The van der Waals surface area contributed by atoms with Gasteiger partial charge in [0.15, 0.2) is 5.76 Å². The van der Waals surface area contributed by atoms with Gasteiger partial charge in [0, 0.05) is 45.6 Å². The molecule has 0 unspecified atom stereocenters. The number of fused-ring (bicyclic) bond motifs is 3. The Bertz CT molecular complexity index is 1010. The molecule has 0 bridgehead atoms. The van der Waals surface area contributed by atoms with Crippen molar-refractivity contribution in [1.29, 1.82) is 0 Å². The highest BCUT2D eigenvalue weighted by Crippen LogP contribution is 2.44. The van der Waals surface area contributed by atoms with Crippen LogP contribution in [0.5, 0.6) is 11.5 Å². The Morgan fingerprint density at radius 2 is 1.94 bits per heavy atom. The van der Waals surface area contributed by atoms with Crippen molar-refractivity contribution < 1.29 is 19.0 Å². The Morgan fingerprint density at radius 1 is 1.19 bits per heavy atom. The number of methoxy groups -OCH3 is 1. The predicted octanol–water partition coefficient (Wildman–Crippen LogP) is 4.65. The molecule has 2 aliphatic heterocycles. The number of aryl methyl sites for hydroxylation is 1. The Balaban J connectivity index is 1.58. The lowest BCUT2D eigenvalue weighted by Crippen LogP contribution is -2.33. The number of benzene rings is 2. The molecule has 0 spiro atoms. The Morgan fingerprint density at radius 3 is 2.62 bits per heavy atom. The van der Waals surface area contributed by atoms with Crippen molar-refractivity contribution in [3.63, 3.8) is 0 Å². The van der Waals surface area contributed by atoms with E-state index in [1.807, 2.05) is 31.2 Å². The van der Waals surface area contributed by atoms with Crippen LogP contribution in [0.2, 0.25) is 0 Å². The van der Waals surface area contributed by atoms with Crippen molar-refractivity contribution in [3.05, 3.63) is 58.3 Å². The lowest BCUT2D eigenvalue weighted by atomic mass is 9.98. The summed E-state index contributed by atoms with van der Waals surface area (Å²) in [4.78, 5) is 17.7. The zero-order chi connectivity index (χ0) is 22.7. The highest BCUT2D eigenvalue weighted by atomic mass is 16.5. The van der Waals surface area contributed by atoms with Gasteiger partial charge in [-0.1, -0.05) is 12.1 Å². The number of ether oxygens (including phenoxy) is 3. The van der Waals surface area contributed by atoms with Gasteiger partial charge in [0.05, 0.1) is 11.1 Å². The minimum absolute atomic E-state index is 0.0652. The molecule has 32 heavy (non-hydrogen) atoms. The summed E-state index contributed by atoms with van der Waals surface area (Å²) in [5.74, 6) is 1.75. The molecule has 0 aliphatic carbocycles. The number of hydrogen-bond donors (Lipinski definition) is 0. The first-order chi connectivity index (χ1) is 15.5. The van der Waals surface area contributed by atoms with Gasteiger partial charge in [0.2, 0.25) is 5.78 Å². The molecule has 0 N–H and O–H groups in total. The number of Topliss-reactive ketones (excluding diaryl/α,β-unsaturated/α-hetero) is 1. The maximum atomic E-state index is 13.2. The van der Waals surface area contributed by atoms with Gasteiger partial charge in [-0.3, -0.25) is 9.69 Å². The van der Waals surface area contributed by atoms with Crippen LogP contribution >= 0.6 is 0 Å². The molecule has 0 amide bonds. The fourth-order valence-electron chi connectivity index (χ4n) is 4.37. The van der Waals surface area contributed by atoms with Gasteiger partial charge < -0.3 is 19.1 Å². The van der Waals surface area contributed by atoms with Crippen molar-refractivity contribution in [2.45, 2.75) is 33.7 Å². The van der Waals surface area contributed by atoms with Crippen LogP contribution in [-0.4, -0.2) is 50.8 Å². The zero-order valence-electron chi connectivity index (χ0n) is 19.4. The summed E-state index contributed by atoms with van der Waals surface area (Å²) in [7, 11) is 1.71. The molecule has 6 nitrogen and oxygen atoms in total. The second-order valence-corrected chi connectivity index (χ2v) is 8.25. The molecule has 0 aromatic heterocycles. The molecular formula is C26H32N2O4. The van der Waals surface area contributed by atoms with Gasteiger partial charge in [-0.05, 0) is 62.6 Å². The van der Waals surface area contributed by atoms with Crippen LogP contribution in [0.3, 0.4) is 0 Å². The highest BCUT2D eigenvalue weighted by molar-refractivity contribution is 6.15. The van der Waals surface area contributed by atoms with Crippen LogP contribution in [-0.2, 0) is 11.3 Å². The van der Waals surface area contributed by atoms with Crippen molar-refractivity contribution in [3.8, 4) is 11.5 Å². The molecule has 2 aliphatic rings. The van der Waals surface area contributed by atoms with Crippen molar-refractivity contribution >= 4 is 17.5 Å². The molecule has 0 fully saturated rings. The monoisotopic (exact) mass is 436 g/mol. The number of anilines is 1. The van der Waals surface area contributed by atoms with E-state index < -0.39 is 0 Å². The molecule has 2 heterocycles. The van der Waals surface area contributed by atoms with Crippen LogP contribution in [0.1, 0.15) is 47.3 Å². The van der Waals surface area contributed by atoms with Crippen molar-refractivity contribution in [2.24, 2.45) is 0 Å². The third-order valence-corrected chi connectivity index (χ3v) is 6.13. The van der Waals surface area contributed by atoms with Crippen LogP contribution in [0, 0.1) is 6.92 Å². The molecule has 2 aromatic rings. The van der Waals surface area contributed by atoms with Gasteiger partial charge in [-0.2, -0.15) is 0 Å². The van der Waals surface area contributed by atoms with E-state index in [0.717, 1.165) is 48.5 Å². The highest BCUT2D eigenvalue weighted by Gasteiger charge is 2.35. The zero-order valence-corrected chi connectivity index (χ0v) is 19.4. The number of hydrogen-bond acceptors (Lipinski definition) is 6. The Labute approximate surface area is 190 Å². The summed E-state index contributed by atoms with van der Waals surface area (Å²) >= 11 is 0. The van der Waals surface area contributed by atoms with E-state index >= 15 is 0 Å². The standard InChI is InChI=1S/C26H32N2O4/c1-5-28(6-2)20-10-8-19(9-11-20)15-23-25(29)24-18(3)14-22-21(26(24)32-23)16-27(17-31-22)12-7-13-30-4/h8-11,14-15H,5-7,12-13,16-17H2,1-4H3/b23-15-. The van der Waals surface area contributed by atoms with Crippen LogP contribution in [0.4, 0.5) is 5.69 Å². The first-order valence-corrected chi connectivity index (χ1v) is 11.4. The van der Waals surface area contributed by atoms with Gasteiger partial charge in [-0.15, -0.1) is 0 Å². The molecule has 0 radical (unpaired) electrons. The SMILES string of the molecule is CCN(CC)c1ccc(/C=C2\Oc3c4c(cc(C)c3C2=O)OCN(CCCOC)C4)cc1. The summed E-state index contributed by atoms with van der Waals surface area (Å²) in [6, 6.07) is 10.2. The van der Waals surface area contributed by atoms with E-state index in [1.165, 1.54) is 5.69 Å². The Kier molecular flexibility index (Phi) is 6.82. The van der Waals surface area contributed by atoms with Crippen LogP contribution < -0.4 is 14.4 Å². The van der Waals surface area contributed by atoms with E-state index in [2.05, 4.69) is 35.8 Å². The molecule has 0 saturated carbocycles. The summed E-state index contributed by atoms with van der Waals surface area (Å²) in [5, 5.41) is 0. The van der Waals surface area contributed by atoms with E-state index in [4.69, 9.17) is 14.2 Å². The minimum Gasteiger partial charge on any atom is -0.478 e. The topological polar surface area (TPSA) is 51.2 Å². The maximum Gasteiger partial charge on any atom is 0.232 e. The summed E-state index contributed by atoms with van der Waals surface area (Å²) in [6.45, 7) is 11.0. The predicted molar refractivity (Wildman–Crippen MR) is 127 cm³/mol. The Hall–Kier alpha value is -2.83. The molecule has 0 saturated heterocycles. The van der Waals surface area contributed by atoms with Crippen molar-refractivity contribution in [1.82, 2.24) is 4.90 Å². The van der Waals surface area contributed by atoms with Gasteiger partial charge >= 0.3 is 0 Å². The number of allylic oxidation sites excluding steroid dienone is 1. The first kappa shape index (κ1) is 22.4. The van der Waals surface area contributed by atoms with Gasteiger partial charge in [-0.25, -0.2) is 0 Å². The molecule has 0 atom stereocenters. The van der Waals surface area contributed by atoms with E-state index in [0.29, 0.717) is 37.0 Å². The van der Waals surface area contributed by atoms with Crippen molar-refractivity contribution in [2.75, 3.05) is 45.0 Å². The first-order valence-electron chi connectivity index (χ1n) is 11.4. The summed E-state index contributed by atoms with van der Waals surface area (Å²) < 4.78 is 17.3. The second kappa shape index (κ2) is 9.76. The van der Waals surface area contributed by atoms with E-state index in [-0.39, 0.29) is 5.78 Å². The second-order valence-electron chi connectivity index (χ2n) is 8.25. The molecule has 2 aromatic carbocycles. The summed E-state index contributed by atoms with van der Waals surface area (Å²) in [6.07, 6.45) is 2.76. The minimum atomic E-state index is -0.0652. The smallest absolute Gasteiger partial charge is 0.232 e. The van der Waals surface area contributed by atoms with Crippen LogP contribution in [0.25, 0.3) is 6.08 Å². The van der Waals surface area contributed by atoms with E-state index in [9.17, 15) is 4.79 Å². The number of ketones is 1. The number of carbonyl (C=O) groups excluding carboxylic acids is 1. The molecule has 4 rings (SSSR count). The number of carbonyl (C=O) groups is 1. The fourth-order valence-corrected chi connectivity index (χ4v) is 4.37. The average Bonchev–Trinajstić information content (AvgIpc) is 3.13. The fraction of sp³-hybridized carbons (Fsp3) is 0.423. The van der Waals surface area contributed by atoms with Crippen LogP contribution in [0.15, 0.2) is 36.1 Å². The lowest BCUT2D eigenvalue weighted by molar-refractivity contribution is 0.0822. The normalized spacial score (nSPS) is 16.5. The number of nitrogens with zero attached hydrogens (tertiary/aromatic N) is 2. The van der Waals surface area contributed by atoms with E-state index in [1.54, 1.807) is 7.11 Å². The third-order valence-electron chi connectivity index (χ3n) is 6.13. The number of rotatable bonds is 8. The molecular weight excluding hydrogens is 404 g/mol. The quantitative estimate of drug-likeness (QED) is 0.444. The largest absolute Gasteiger partial charge is 0.478 e. The van der Waals surface area contributed by atoms with Gasteiger partial charge in [0.25, 0.3) is 0 Å². The lowest BCUT2D eigenvalue weighted by Gasteiger charge is -2.30. The van der Waals surface area contributed by atoms with Gasteiger partial charge in [0.1, 0.15) is 18.2 Å².